The molecule has 2 rings (SSSR count). The molecule has 0 saturated carbocycles. The normalized spacial score (nSPS) is 16.7. The molecule has 0 aliphatic carbocycles. The molecule has 1 aliphatic heterocycles. The Morgan fingerprint density at radius 3 is 2.82 bits per heavy atom. The molecule has 1 fully saturated rings. The van der Waals surface area contributed by atoms with Crippen LogP contribution in [0.5, 0.6) is 0 Å². The molecular weight excluding hydrogens is 307 g/mol. The van der Waals surface area contributed by atoms with Crippen LogP contribution in [0.2, 0.25) is 5.02 Å². The lowest BCUT2D eigenvalue weighted by molar-refractivity contribution is 0.0903. The van der Waals surface area contributed by atoms with Crippen LogP contribution in [0.1, 0.15) is 29.6 Å². The third kappa shape index (κ3) is 4.66. The first-order valence-corrected chi connectivity index (χ1v) is 7.95. The number of hydrogen-bond acceptors (Lipinski definition) is 3. The summed E-state index contributed by atoms with van der Waals surface area (Å²) in [6.07, 6.45) is 2.74. The number of methoxy groups -OCH3 is 1. The van der Waals surface area contributed by atoms with Gasteiger partial charge >= 0.3 is 0 Å². The van der Waals surface area contributed by atoms with Crippen LogP contribution < -0.4 is 5.32 Å². The predicted molar refractivity (Wildman–Crippen MR) is 84.8 cm³/mol. The molecule has 1 aliphatic rings. The van der Waals surface area contributed by atoms with Gasteiger partial charge in [0.1, 0.15) is 5.82 Å². The van der Waals surface area contributed by atoms with E-state index in [4.69, 9.17) is 16.3 Å². The third-order valence-corrected chi connectivity index (χ3v) is 4.25. The largest absolute Gasteiger partial charge is 0.385 e. The number of halogens is 2. The smallest absolute Gasteiger partial charge is 0.255 e. The second-order valence-electron chi connectivity index (χ2n) is 5.53. The predicted octanol–water partition coefficient (Wildman–Crippen LogP) is 2.71. The highest BCUT2D eigenvalue weighted by Gasteiger charge is 2.23. The van der Waals surface area contributed by atoms with Gasteiger partial charge in [-0.1, -0.05) is 17.7 Å². The Kier molecular flexibility index (Phi) is 6.61. The molecule has 0 aromatic heterocycles. The quantitative estimate of drug-likeness (QED) is 0.816. The van der Waals surface area contributed by atoms with Crippen molar-refractivity contribution in [2.45, 2.75) is 25.3 Å². The molecule has 22 heavy (non-hydrogen) atoms. The van der Waals surface area contributed by atoms with Crippen molar-refractivity contribution in [3.05, 3.63) is 34.6 Å². The Morgan fingerprint density at radius 1 is 1.45 bits per heavy atom. The van der Waals surface area contributed by atoms with Crippen LogP contribution in [-0.2, 0) is 4.74 Å². The summed E-state index contributed by atoms with van der Waals surface area (Å²) in [7, 11) is 1.70. The van der Waals surface area contributed by atoms with Crippen LogP contribution in [0.25, 0.3) is 0 Å². The molecule has 0 bridgehead atoms. The van der Waals surface area contributed by atoms with E-state index in [0.717, 1.165) is 45.5 Å². The lowest BCUT2D eigenvalue weighted by Crippen LogP contribution is -2.45. The topological polar surface area (TPSA) is 41.6 Å². The highest BCUT2D eigenvalue weighted by molar-refractivity contribution is 6.33. The van der Waals surface area contributed by atoms with Gasteiger partial charge < -0.3 is 15.0 Å². The first-order valence-electron chi connectivity index (χ1n) is 7.58. The maximum Gasteiger partial charge on any atom is 0.255 e. The molecule has 1 aromatic carbocycles. The van der Waals surface area contributed by atoms with Crippen LogP contribution in [-0.4, -0.2) is 50.2 Å². The highest BCUT2D eigenvalue weighted by Crippen LogP contribution is 2.20. The van der Waals surface area contributed by atoms with Gasteiger partial charge in [-0.25, -0.2) is 4.39 Å². The Labute approximate surface area is 135 Å². The fraction of sp³-hybridized carbons (Fsp3) is 0.562. The van der Waals surface area contributed by atoms with Gasteiger partial charge in [0.25, 0.3) is 5.91 Å². The maximum atomic E-state index is 13.7. The number of hydrogen-bond donors (Lipinski definition) is 1. The van der Waals surface area contributed by atoms with Crippen molar-refractivity contribution in [1.82, 2.24) is 10.2 Å². The first kappa shape index (κ1) is 17.2. The number of likely N-dealkylation sites (tertiary alicyclic amines) is 1. The lowest BCUT2D eigenvalue weighted by atomic mass is 10.0. The van der Waals surface area contributed by atoms with Crippen molar-refractivity contribution >= 4 is 17.5 Å². The summed E-state index contributed by atoms with van der Waals surface area (Å²) in [5, 5.41) is 3.04. The zero-order valence-electron chi connectivity index (χ0n) is 12.8. The minimum absolute atomic E-state index is 0.0632. The summed E-state index contributed by atoms with van der Waals surface area (Å²) in [6, 6.07) is 4.34. The van der Waals surface area contributed by atoms with E-state index in [1.807, 2.05) is 0 Å². The fourth-order valence-electron chi connectivity index (χ4n) is 2.71. The monoisotopic (exact) mass is 328 g/mol. The SMILES string of the molecule is COCCCN1CCC(NC(=O)c2c(F)cccc2Cl)CC1. The van der Waals surface area contributed by atoms with Crippen molar-refractivity contribution in [3.63, 3.8) is 0 Å². The van der Waals surface area contributed by atoms with Gasteiger partial charge in [0.2, 0.25) is 0 Å². The summed E-state index contributed by atoms with van der Waals surface area (Å²) in [6.45, 7) is 3.63. The summed E-state index contributed by atoms with van der Waals surface area (Å²) in [4.78, 5) is 14.5. The van der Waals surface area contributed by atoms with E-state index in [0.29, 0.717) is 0 Å². The van der Waals surface area contributed by atoms with E-state index in [9.17, 15) is 9.18 Å². The number of nitrogens with one attached hydrogen (secondary N) is 1. The van der Waals surface area contributed by atoms with Crippen LogP contribution in [0.15, 0.2) is 18.2 Å². The average molecular weight is 329 g/mol. The molecule has 1 N–H and O–H groups in total. The molecule has 1 amide bonds. The van der Waals surface area contributed by atoms with Gasteiger partial charge in [0.05, 0.1) is 10.6 Å². The van der Waals surface area contributed by atoms with Crippen molar-refractivity contribution in [3.8, 4) is 0 Å². The number of amides is 1. The standard InChI is InChI=1S/C16H22ClFN2O2/c1-22-11-3-8-20-9-6-12(7-10-20)19-16(21)15-13(17)4-2-5-14(15)18/h2,4-5,12H,3,6-11H2,1H3,(H,19,21). The van der Waals surface area contributed by atoms with Crippen LogP contribution >= 0.6 is 11.6 Å². The molecule has 0 radical (unpaired) electrons. The number of ether oxygens (including phenoxy) is 1. The summed E-state index contributed by atoms with van der Waals surface area (Å²) < 4.78 is 18.8. The maximum absolute atomic E-state index is 13.7. The molecule has 4 nitrogen and oxygen atoms in total. The highest BCUT2D eigenvalue weighted by atomic mass is 35.5. The Balaban J connectivity index is 1.82. The number of carbonyl (C=O) groups excluding carboxylic acids is 1. The van der Waals surface area contributed by atoms with Crippen molar-refractivity contribution in [1.29, 1.82) is 0 Å². The van der Waals surface area contributed by atoms with Crippen molar-refractivity contribution < 1.29 is 13.9 Å². The summed E-state index contributed by atoms with van der Waals surface area (Å²) in [5.74, 6) is -1.01. The van der Waals surface area contributed by atoms with Gasteiger partial charge in [-0.15, -0.1) is 0 Å². The molecule has 0 unspecified atom stereocenters. The fourth-order valence-corrected chi connectivity index (χ4v) is 2.95. The third-order valence-electron chi connectivity index (χ3n) is 3.94. The number of benzene rings is 1. The first-order chi connectivity index (χ1) is 10.6. The summed E-state index contributed by atoms with van der Waals surface area (Å²) >= 11 is 5.92. The minimum atomic E-state index is -0.581. The Hall–Kier alpha value is -1.17. The molecule has 122 valence electrons. The number of rotatable bonds is 6. The minimum Gasteiger partial charge on any atom is -0.385 e. The van der Waals surface area contributed by atoms with Gasteiger partial charge in [-0.05, 0) is 31.4 Å². The molecule has 0 atom stereocenters. The van der Waals surface area contributed by atoms with Gasteiger partial charge in [-0.2, -0.15) is 0 Å². The van der Waals surface area contributed by atoms with Gasteiger partial charge in [0, 0.05) is 39.4 Å². The Bertz CT molecular complexity index is 485. The second kappa shape index (κ2) is 8.46. The van der Waals surface area contributed by atoms with Crippen molar-refractivity contribution in [2.75, 3.05) is 33.4 Å². The summed E-state index contributed by atoms with van der Waals surface area (Å²) in [5.41, 5.74) is -0.0632. The number of nitrogens with zero attached hydrogens (tertiary/aromatic N) is 1. The van der Waals surface area contributed by atoms with Crippen LogP contribution in [0.3, 0.4) is 0 Å². The van der Waals surface area contributed by atoms with Gasteiger partial charge in [-0.3, -0.25) is 4.79 Å². The van der Waals surface area contributed by atoms with E-state index in [1.54, 1.807) is 7.11 Å². The van der Waals surface area contributed by atoms with Crippen LogP contribution in [0.4, 0.5) is 4.39 Å². The molecule has 0 spiro atoms. The molecule has 1 heterocycles. The van der Waals surface area contributed by atoms with Crippen LogP contribution in [0, 0.1) is 5.82 Å². The second-order valence-corrected chi connectivity index (χ2v) is 5.94. The molecular formula is C16H22ClFN2O2. The average Bonchev–Trinajstić information content (AvgIpc) is 2.49. The van der Waals surface area contributed by atoms with Crippen molar-refractivity contribution in [2.24, 2.45) is 0 Å². The zero-order chi connectivity index (χ0) is 15.9. The van der Waals surface area contributed by atoms with E-state index >= 15 is 0 Å². The number of piperidine rings is 1. The molecule has 6 heteroatoms. The van der Waals surface area contributed by atoms with E-state index in [-0.39, 0.29) is 16.6 Å². The lowest BCUT2D eigenvalue weighted by Gasteiger charge is -2.32. The number of carbonyl (C=O) groups is 1. The van der Waals surface area contributed by atoms with Gasteiger partial charge in [0.15, 0.2) is 0 Å². The zero-order valence-corrected chi connectivity index (χ0v) is 13.5. The molecule has 1 aromatic rings. The molecule has 1 saturated heterocycles. The Morgan fingerprint density at radius 2 is 2.18 bits per heavy atom. The van der Waals surface area contributed by atoms with E-state index in [1.165, 1.54) is 18.2 Å². The van der Waals surface area contributed by atoms with E-state index in [2.05, 4.69) is 10.2 Å². The van der Waals surface area contributed by atoms with E-state index < -0.39 is 11.7 Å².